The van der Waals surface area contributed by atoms with Crippen molar-refractivity contribution in [2.45, 2.75) is 13.5 Å². The normalized spacial score (nSPS) is 10.4. The summed E-state index contributed by atoms with van der Waals surface area (Å²) in [6.45, 7) is 1.68. The first-order chi connectivity index (χ1) is 14.3. The van der Waals surface area contributed by atoms with Gasteiger partial charge in [-0.25, -0.2) is 4.39 Å². The van der Waals surface area contributed by atoms with E-state index in [0.29, 0.717) is 22.6 Å². The van der Waals surface area contributed by atoms with Crippen molar-refractivity contribution in [3.63, 3.8) is 0 Å². The number of carbonyl (C=O) groups is 2. The van der Waals surface area contributed by atoms with Crippen LogP contribution in [0, 0.1) is 5.82 Å². The molecule has 0 bridgehead atoms. The van der Waals surface area contributed by atoms with Crippen molar-refractivity contribution in [2.24, 2.45) is 0 Å². The van der Waals surface area contributed by atoms with Crippen molar-refractivity contribution in [3.8, 4) is 16.9 Å². The third-order valence-electron chi connectivity index (χ3n) is 4.40. The fourth-order valence-corrected chi connectivity index (χ4v) is 2.96. The number of nitrogens with zero attached hydrogens (tertiary/aromatic N) is 1. The molecule has 0 heterocycles. The third kappa shape index (κ3) is 5.44. The molecule has 3 aromatic rings. The number of nitrogens with one attached hydrogen (secondary N) is 1. The molecule has 30 heavy (non-hydrogen) atoms. The lowest BCUT2D eigenvalue weighted by Gasteiger charge is -2.12. The van der Waals surface area contributed by atoms with Crippen molar-refractivity contribution in [1.82, 2.24) is 4.90 Å². The summed E-state index contributed by atoms with van der Waals surface area (Å²) in [5.74, 6) is -0.268. The molecular weight excluding hydrogens is 383 g/mol. The summed E-state index contributed by atoms with van der Waals surface area (Å²) >= 11 is 0. The summed E-state index contributed by atoms with van der Waals surface area (Å²) < 4.78 is 19.9. The van der Waals surface area contributed by atoms with Crippen LogP contribution < -0.4 is 10.1 Å². The van der Waals surface area contributed by atoms with E-state index in [1.165, 1.54) is 24.0 Å². The minimum Gasteiger partial charge on any atom is -0.489 e. The van der Waals surface area contributed by atoms with Crippen LogP contribution in [0.4, 0.5) is 10.1 Å². The quantitative estimate of drug-likeness (QED) is 0.644. The van der Waals surface area contributed by atoms with Gasteiger partial charge < -0.3 is 15.0 Å². The number of ether oxygens (including phenoxy) is 1. The Hall–Kier alpha value is -3.67. The van der Waals surface area contributed by atoms with E-state index in [1.54, 1.807) is 50.5 Å². The second-order valence-corrected chi connectivity index (χ2v) is 7.12. The summed E-state index contributed by atoms with van der Waals surface area (Å²) in [6.07, 6.45) is 0. The zero-order chi connectivity index (χ0) is 21.7. The first-order valence-electron chi connectivity index (χ1n) is 9.44. The Balaban J connectivity index is 1.74. The molecule has 5 nitrogen and oxygen atoms in total. The van der Waals surface area contributed by atoms with Crippen LogP contribution in [0.1, 0.15) is 22.8 Å². The highest BCUT2D eigenvalue weighted by molar-refractivity contribution is 5.93. The van der Waals surface area contributed by atoms with Crippen LogP contribution in [0.3, 0.4) is 0 Å². The number of hydrogen-bond donors (Lipinski definition) is 1. The number of anilines is 1. The van der Waals surface area contributed by atoms with Crippen molar-refractivity contribution in [3.05, 3.63) is 83.7 Å². The molecule has 0 radical (unpaired) electrons. The monoisotopic (exact) mass is 406 g/mol. The zero-order valence-corrected chi connectivity index (χ0v) is 17.1. The molecule has 3 aromatic carbocycles. The molecule has 0 spiro atoms. The molecule has 0 atom stereocenters. The molecule has 6 heteroatoms. The Labute approximate surface area is 175 Å². The van der Waals surface area contributed by atoms with Crippen LogP contribution in [0.2, 0.25) is 0 Å². The highest BCUT2D eigenvalue weighted by Gasteiger charge is 2.09. The number of amides is 2. The van der Waals surface area contributed by atoms with E-state index < -0.39 is 5.82 Å². The molecule has 0 unspecified atom stereocenters. The molecule has 0 aromatic heterocycles. The SMILES string of the molecule is CC(=O)Nc1cccc(-c2cc(F)cc(OCc3ccc(C(=O)N(C)C)cc3)c2)c1. The predicted octanol–water partition coefficient (Wildman–Crippen LogP) is 4.73. The van der Waals surface area contributed by atoms with Gasteiger partial charge in [0.1, 0.15) is 18.2 Å². The second-order valence-electron chi connectivity index (χ2n) is 7.12. The minimum absolute atomic E-state index is 0.0706. The Bertz CT molecular complexity index is 1060. The lowest BCUT2D eigenvalue weighted by molar-refractivity contribution is -0.114. The molecular formula is C24H23FN2O3. The van der Waals surface area contributed by atoms with Gasteiger partial charge >= 0.3 is 0 Å². The number of halogens is 1. The van der Waals surface area contributed by atoms with Gasteiger partial charge in [0.15, 0.2) is 0 Å². The van der Waals surface area contributed by atoms with Crippen molar-refractivity contribution in [2.75, 3.05) is 19.4 Å². The van der Waals surface area contributed by atoms with Gasteiger partial charge in [-0.3, -0.25) is 9.59 Å². The second kappa shape index (κ2) is 9.22. The van der Waals surface area contributed by atoms with E-state index in [4.69, 9.17) is 4.74 Å². The standard InChI is InChI=1S/C24H23FN2O3/c1-16(28)26-22-6-4-5-19(12-22)20-11-21(25)14-23(13-20)30-15-17-7-9-18(10-8-17)24(29)27(2)3/h4-14H,15H2,1-3H3,(H,26,28). The van der Waals surface area contributed by atoms with Crippen LogP contribution >= 0.6 is 0 Å². The maximum absolute atomic E-state index is 14.2. The van der Waals surface area contributed by atoms with E-state index in [2.05, 4.69) is 5.32 Å². The summed E-state index contributed by atoms with van der Waals surface area (Å²) in [4.78, 5) is 24.7. The van der Waals surface area contributed by atoms with Crippen LogP contribution in [-0.2, 0) is 11.4 Å². The van der Waals surface area contributed by atoms with E-state index in [0.717, 1.165) is 11.1 Å². The van der Waals surface area contributed by atoms with Gasteiger partial charge in [-0.05, 0) is 53.1 Å². The fraction of sp³-hybridized carbons (Fsp3) is 0.167. The molecule has 0 aliphatic heterocycles. The maximum Gasteiger partial charge on any atom is 0.253 e. The largest absolute Gasteiger partial charge is 0.489 e. The summed E-state index contributed by atoms with van der Waals surface area (Å²) in [5, 5.41) is 2.72. The first kappa shape index (κ1) is 21.0. The molecule has 2 amide bonds. The topological polar surface area (TPSA) is 58.6 Å². The van der Waals surface area contributed by atoms with Gasteiger partial charge in [0.25, 0.3) is 5.91 Å². The Morgan fingerprint density at radius 2 is 1.70 bits per heavy atom. The fourth-order valence-electron chi connectivity index (χ4n) is 2.96. The van der Waals surface area contributed by atoms with Crippen LogP contribution in [-0.4, -0.2) is 30.8 Å². The molecule has 0 saturated heterocycles. The van der Waals surface area contributed by atoms with E-state index in [-0.39, 0.29) is 18.4 Å². The van der Waals surface area contributed by atoms with Crippen LogP contribution in [0.25, 0.3) is 11.1 Å². The maximum atomic E-state index is 14.2. The molecule has 3 rings (SSSR count). The summed E-state index contributed by atoms with van der Waals surface area (Å²) in [6, 6.07) is 18.8. The summed E-state index contributed by atoms with van der Waals surface area (Å²) in [7, 11) is 3.40. The predicted molar refractivity (Wildman–Crippen MR) is 115 cm³/mol. The molecule has 1 N–H and O–H groups in total. The van der Waals surface area contributed by atoms with E-state index in [9.17, 15) is 14.0 Å². The molecule has 154 valence electrons. The van der Waals surface area contributed by atoms with Gasteiger partial charge in [0.2, 0.25) is 5.91 Å². The molecule has 0 aliphatic carbocycles. The van der Waals surface area contributed by atoms with Crippen molar-refractivity contribution in [1.29, 1.82) is 0 Å². The van der Waals surface area contributed by atoms with Crippen LogP contribution in [0.5, 0.6) is 5.75 Å². The van der Waals surface area contributed by atoms with Crippen molar-refractivity contribution >= 4 is 17.5 Å². The molecule has 0 fully saturated rings. The lowest BCUT2D eigenvalue weighted by atomic mass is 10.0. The lowest BCUT2D eigenvalue weighted by Crippen LogP contribution is -2.21. The zero-order valence-electron chi connectivity index (χ0n) is 17.1. The highest BCUT2D eigenvalue weighted by Crippen LogP contribution is 2.28. The van der Waals surface area contributed by atoms with Gasteiger partial charge in [-0.2, -0.15) is 0 Å². The Morgan fingerprint density at radius 3 is 2.37 bits per heavy atom. The average Bonchev–Trinajstić information content (AvgIpc) is 2.71. The summed E-state index contributed by atoms with van der Waals surface area (Å²) in [5.41, 5.74) is 3.50. The first-order valence-corrected chi connectivity index (χ1v) is 9.44. The van der Waals surface area contributed by atoms with Gasteiger partial charge in [-0.15, -0.1) is 0 Å². The number of hydrogen-bond acceptors (Lipinski definition) is 3. The Morgan fingerprint density at radius 1 is 0.967 bits per heavy atom. The third-order valence-corrected chi connectivity index (χ3v) is 4.40. The van der Waals surface area contributed by atoms with Gasteiger partial charge in [0.05, 0.1) is 0 Å². The number of carbonyl (C=O) groups excluding carboxylic acids is 2. The number of benzene rings is 3. The van der Waals surface area contributed by atoms with Crippen LogP contribution in [0.15, 0.2) is 66.7 Å². The van der Waals surface area contributed by atoms with E-state index in [1.807, 2.05) is 18.2 Å². The van der Waals surface area contributed by atoms with Gasteiger partial charge in [-0.1, -0.05) is 24.3 Å². The smallest absolute Gasteiger partial charge is 0.253 e. The molecule has 0 aliphatic rings. The van der Waals surface area contributed by atoms with E-state index >= 15 is 0 Å². The Kier molecular flexibility index (Phi) is 6.47. The average molecular weight is 406 g/mol. The molecule has 0 saturated carbocycles. The van der Waals surface area contributed by atoms with Crippen molar-refractivity contribution < 1.29 is 18.7 Å². The minimum atomic E-state index is -0.417. The highest BCUT2D eigenvalue weighted by atomic mass is 19.1. The number of rotatable bonds is 6. The van der Waals surface area contributed by atoms with Gasteiger partial charge in [0, 0.05) is 38.3 Å².